The van der Waals surface area contributed by atoms with Crippen molar-refractivity contribution in [1.82, 2.24) is 10.2 Å². The summed E-state index contributed by atoms with van der Waals surface area (Å²) in [6, 6.07) is -0.0718. The second-order valence-corrected chi connectivity index (χ2v) is 9.81. The zero-order chi connectivity index (χ0) is 33.0. The van der Waals surface area contributed by atoms with E-state index in [1.807, 2.05) is 41.0 Å². The van der Waals surface area contributed by atoms with E-state index in [0.29, 0.717) is 6.61 Å². The number of nitrogens with one attached hydrogen (secondary N) is 1. The lowest BCUT2D eigenvalue weighted by Crippen LogP contribution is -2.46. The van der Waals surface area contributed by atoms with E-state index < -0.39 is 0 Å². The fourth-order valence-corrected chi connectivity index (χ4v) is 4.37. The van der Waals surface area contributed by atoms with Gasteiger partial charge >= 0.3 is 0 Å². The molecule has 0 aliphatic carbocycles. The van der Waals surface area contributed by atoms with Gasteiger partial charge in [-0.1, -0.05) is 105 Å². The summed E-state index contributed by atoms with van der Waals surface area (Å²) in [4.78, 5) is 15.7. The van der Waals surface area contributed by atoms with Crippen LogP contribution < -0.4 is 5.32 Å². The highest BCUT2D eigenvalue weighted by atomic mass is 16.5. The Hall–Kier alpha value is -2.25. The highest BCUT2D eigenvalue weighted by Gasteiger charge is 2.35. The van der Waals surface area contributed by atoms with Crippen molar-refractivity contribution >= 4 is 18.5 Å². The molecule has 0 bridgehead atoms. The van der Waals surface area contributed by atoms with Gasteiger partial charge in [-0.25, -0.2) is 9.98 Å². The van der Waals surface area contributed by atoms with E-state index in [-0.39, 0.29) is 12.2 Å². The van der Waals surface area contributed by atoms with Crippen molar-refractivity contribution in [2.24, 2.45) is 15.0 Å². The Labute approximate surface area is 268 Å². The molecule has 0 fully saturated rings. The van der Waals surface area contributed by atoms with Crippen molar-refractivity contribution in [3.63, 3.8) is 0 Å². The van der Waals surface area contributed by atoms with Crippen molar-refractivity contribution in [1.29, 1.82) is 0 Å². The quantitative estimate of drug-likeness (QED) is 0.111. The standard InChI is InChI=1S/C28H49N5O.C2H6O.2C2H6.C2H4/c1-4-6-7-8-9-10-11-12-13-14-15-16-17-18-19-20-25(3)32-27-26-28(30-23-29-27)33(24-31-26)21-22-34-5-2;1-3-2;3*1-2/h12-13,23-24,26,28H,3-11,14-22H2,1-2H3,(H,29,30,32);1-2H3;2*1-2H3;1-2H2/b13-12-;;;;. The maximum atomic E-state index is 5.47. The van der Waals surface area contributed by atoms with Crippen molar-refractivity contribution in [2.45, 2.75) is 144 Å². The first-order valence-corrected chi connectivity index (χ1v) is 17.1. The Morgan fingerprint density at radius 1 is 0.860 bits per heavy atom. The number of amidine groups is 1. The molecule has 2 aliphatic heterocycles. The van der Waals surface area contributed by atoms with Crippen LogP contribution in [0.5, 0.6) is 0 Å². The molecule has 0 aromatic carbocycles. The first kappa shape index (κ1) is 45.2. The van der Waals surface area contributed by atoms with Crippen molar-refractivity contribution in [3.05, 3.63) is 37.6 Å². The second kappa shape index (κ2) is 37.8. The molecule has 2 aliphatic rings. The van der Waals surface area contributed by atoms with Gasteiger partial charge in [0, 0.05) is 33.1 Å². The normalized spacial score (nSPS) is 15.9. The van der Waals surface area contributed by atoms with E-state index in [0.717, 1.165) is 31.1 Å². The van der Waals surface area contributed by atoms with E-state index in [9.17, 15) is 0 Å². The molecule has 7 nitrogen and oxygen atoms in total. The largest absolute Gasteiger partial charge is 0.388 e. The Balaban J connectivity index is -0.00000160. The molecule has 0 spiro atoms. The highest BCUT2D eigenvalue weighted by molar-refractivity contribution is 5.98. The number of aliphatic imine (C=N–C) groups is 3. The Morgan fingerprint density at radius 3 is 1.95 bits per heavy atom. The average molecular weight is 606 g/mol. The lowest BCUT2D eigenvalue weighted by molar-refractivity contribution is 0.127. The molecule has 43 heavy (non-hydrogen) atoms. The molecular weight excluding hydrogens is 534 g/mol. The predicted octanol–water partition coefficient (Wildman–Crippen LogP) is 9.76. The minimum atomic E-state index is -0.0718. The lowest BCUT2D eigenvalue weighted by Gasteiger charge is -2.27. The molecule has 0 aromatic heterocycles. The molecule has 0 radical (unpaired) electrons. The molecule has 2 heterocycles. The molecule has 0 amide bonds. The zero-order valence-corrected chi connectivity index (χ0v) is 29.7. The fraction of sp³-hybridized carbons (Fsp3) is 0.750. The number of fused-ring (bicyclic) bond motifs is 1. The Kier molecular flexibility index (Phi) is 39.7. The fourth-order valence-electron chi connectivity index (χ4n) is 4.37. The van der Waals surface area contributed by atoms with Crippen molar-refractivity contribution < 1.29 is 9.47 Å². The third-order valence-electron chi connectivity index (χ3n) is 6.44. The van der Waals surface area contributed by atoms with Crippen LogP contribution in [0.2, 0.25) is 0 Å². The number of hydrogen-bond donors (Lipinski definition) is 1. The first-order valence-electron chi connectivity index (χ1n) is 17.1. The van der Waals surface area contributed by atoms with E-state index in [1.165, 1.54) is 83.5 Å². The van der Waals surface area contributed by atoms with Gasteiger partial charge in [0.2, 0.25) is 0 Å². The van der Waals surface area contributed by atoms with Crippen molar-refractivity contribution in [2.75, 3.05) is 34.0 Å². The average Bonchev–Trinajstić information content (AvgIpc) is 3.46. The van der Waals surface area contributed by atoms with E-state index in [2.05, 4.69) is 68.7 Å². The molecule has 0 aromatic rings. The maximum absolute atomic E-state index is 5.47. The van der Waals surface area contributed by atoms with Crippen LogP contribution in [0.3, 0.4) is 0 Å². The third kappa shape index (κ3) is 25.9. The van der Waals surface area contributed by atoms with Gasteiger partial charge in [-0.05, 0) is 45.4 Å². The predicted molar refractivity (Wildman–Crippen MR) is 194 cm³/mol. The van der Waals surface area contributed by atoms with Crippen LogP contribution in [0.15, 0.2) is 52.6 Å². The molecule has 2 unspecified atom stereocenters. The van der Waals surface area contributed by atoms with Crippen LogP contribution in [0.1, 0.15) is 131 Å². The molecular formula is C36H71N5O2. The summed E-state index contributed by atoms with van der Waals surface area (Å²) >= 11 is 0. The number of nitrogens with zero attached hydrogens (tertiary/aromatic N) is 4. The minimum Gasteiger partial charge on any atom is -0.388 e. The number of ether oxygens (including phenoxy) is 2. The SMILES string of the molecule is C=C.C=C(CCCCCCC/C=C\CCCCCCCC)NC1=NC=NC2C1N=CN2CCOCC.CC.CC.COC. The zero-order valence-electron chi connectivity index (χ0n) is 29.7. The van der Waals surface area contributed by atoms with Crippen LogP contribution in [-0.2, 0) is 9.47 Å². The van der Waals surface area contributed by atoms with Crippen LogP contribution in [0.4, 0.5) is 0 Å². The number of rotatable bonds is 20. The van der Waals surface area contributed by atoms with Gasteiger partial charge in [-0.15, -0.1) is 13.2 Å². The summed E-state index contributed by atoms with van der Waals surface area (Å²) in [6.07, 6.45) is 26.4. The summed E-state index contributed by atoms with van der Waals surface area (Å²) in [5.74, 6) is 0.855. The van der Waals surface area contributed by atoms with Gasteiger partial charge in [0.1, 0.15) is 18.2 Å². The van der Waals surface area contributed by atoms with Crippen LogP contribution in [0.25, 0.3) is 0 Å². The molecule has 0 saturated carbocycles. The summed E-state index contributed by atoms with van der Waals surface area (Å²) in [5.41, 5.74) is 1.02. The second-order valence-electron chi connectivity index (χ2n) is 9.81. The molecule has 2 rings (SSSR count). The van der Waals surface area contributed by atoms with Gasteiger partial charge in [0.25, 0.3) is 0 Å². The number of methoxy groups -OCH3 is 1. The summed E-state index contributed by atoms with van der Waals surface area (Å²) < 4.78 is 9.72. The first-order chi connectivity index (χ1) is 21.2. The number of hydrogen-bond acceptors (Lipinski definition) is 7. The van der Waals surface area contributed by atoms with E-state index in [1.54, 1.807) is 20.6 Å². The smallest absolute Gasteiger partial charge is 0.153 e. The van der Waals surface area contributed by atoms with Crippen LogP contribution in [0, 0.1) is 0 Å². The van der Waals surface area contributed by atoms with Gasteiger partial charge in [-0.2, -0.15) is 0 Å². The minimum absolute atomic E-state index is 0.0203. The van der Waals surface area contributed by atoms with Gasteiger partial charge < -0.3 is 19.7 Å². The molecule has 0 saturated heterocycles. The van der Waals surface area contributed by atoms with Gasteiger partial charge in [0.05, 0.1) is 12.9 Å². The highest BCUT2D eigenvalue weighted by Crippen LogP contribution is 2.19. The molecule has 1 N–H and O–H groups in total. The molecule has 7 heteroatoms. The summed E-state index contributed by atoms with van der Waals surface area (Å²) in [5, 5.41) is 3.41. The van der Waals surface area contributed by atoms with Crippen LogP contribution >= 0.6 is 0 Å². The summed E-state index contributed by atoms with van der Waals surface area (Å²) in [7, 11) is 3.25. The lowest BCUT2D eigenvalue weighted by atomic mass is 10.1. The monoisotopic (exact) mass is 606 g/mol. The third-order valence-corrected chi connectivity index (χ3v) is 6.44. The van der Waals surface area contributed by atoms with Gasteiger partial charge in [-0.3, -0.25) is 4.99 Å². The molecule has 252 valence electrons. The van der Waals surface area contributed by atoms with E-state index >= 15 is 0 Å². The summed E-state index contributed by atoms with van der Waals surface area (Å²) in [6.45, 7) is 24.7. The number of unbranched alkanes of at least 4 members (excludes halogenated alkanes) is 11. The van der Waals surface area contributed by atoms with E-state index in [4.69, 9.17) is 4.74 Å². The Morgan fingerprint density at radius 2 is 1.40 bits per heavy atom. The number of allylic oxidation sites excluding steroid dienone is 3. The molecule has 2 atom stereocenters. The Bertz CT molecular complexity index is 706. The topological polar surface area (TPSA) is 70.8 Å². The maximum Gasteiger partial charge on any atom is 0.153 e. The van der Waals surface area contributed by atoms with Crippen molar-refractivity contribution in [3.8, 4) is 0 Å². The van der Waals surface area contributed by atoms with Crippen LogP contribution in [-0.4, -0.2) is 69.6 Å². The van der Waals surface area contributed by atoms with Gasteiger partial charge in [0.15, 0.2) is 6.17 Å².